The van der Waals surface area contributed by atoms with Gasteiger partial charge in [-0.2, -0.15) is 5.10 Å². The summed E-state index contributed by atoms with van der Waals surface area (Å²) in [4.78, 5) is 17.8. The lowest BCUT2D eigenvalue weighted by Crippen LogP contribution is -2.29. The van der Waals surface area contributed by atoms with Crippen molar-refractivity contribution in [3.8, 4) is 22.8 Å². The lowest BCUT2D eigenvalue weighted by molar-refractivity contribution is 0.245. The first-order valence-electron chi connectivity index (χ1n) is 18.2. The second-order valence-electron chi connectivity index (χ2n) is 14.8. The van der Waals surface area contributed by atoms with Gasteiger partial charge >= 0.3 is 6.03 Å². The van der Waals surface area contributed by atoms with E-state index in [1.54, 1.807) is 23.9 Å². The molecule has 0 saturated heterocycles. The van der Waals surface area contributed by atoms with E-state index in [9.17, 15) is 14.3 Å². The molecule has 7 aromatic rings. The van der Waals surface area contributed by atoms with Crippen LogP contribution in [0.15, 0.2) is 125 Å². The number of aromatic hydroxyl groups is 1. The molecule has 3 aromatic heterocycles. The van der Waals surface area contributed by atoms with Gasteiger partial charge in [-0.25, -0.2) is 13.9 Å². The van der Waals surface area contributed by atoms with Crippen LogP contribution in [0.4, 0.5) is 15.0 Å². The SMILES string of the molecule is CC(C)(C)c1cc(NC(=O)NCc2ccccc2Sc2ccc3nnc(-c4cccc(CN5CCc6ccccc6C5)c4)n3c2)n(-c2ccc(O)c(F)c2)n1. The number of nitrogens with zero attached hydrogens (tertiary/aromatic N) is 6. The zero-order valence-electron chi connectivity index (χ0n) is 30.8. The second-order valence-corrected chi connectivity index (χ2v) is 15.9. The molecule has 4 aromatic carbocycles. The van der Waals surface area contributed by atoms with Crippen LogP contribution in [0.2, 0.25) is 0 Å². The number of carbonyl (C=O) groups excluding carboxylic acids is 1. The Hall–Kier alpha value is -5.98. The van der Waals surface area contributed by atoms with Gasteiger partial charge < -0.3 is 10.4 Å². The summed E-state index contributed by atoms with van der Waals surface area (Å²) in [5.41, 5.74) is 7.53. The molecular formula is C43H41FN8O2S. The van der Waals surface area contributed by atoms with Gasteiger partial charge in [0.25, 0.3) is 0 Å². The van der Waals surface area contributed by atoms with E-state index in [0.717, 1.165) is 58.4 Å². The van der Waals surface area contributed by atoms with Crippen molar-refractivity contribution >= 4 is 29.3 Å². The fourth-order valence-electron chi connectivity index (χ4n) is 6.76. The van der Waals surface area contributed by atoms with Crippen LogP contribution < -0.4 is 10.6 Å². The highest BCUT2D eigenvalue weighted by atomic mass is 32.2. The standard InChI is InChI=1S/C43H41FN8O2S/c1-43(2,3)38-23-40(52(49-38)33-15-17-36(53)35(44)22-33)46-42(54)45-24-31-11-6-7-14-37(31)55-34-16-18-39-47-48-41(51(39)27-34)30-13-8-9-28(21-30)25-50-20-19-29-10-4-5-12-32(29)26-50/h4-18,21-23,27,53H,19-20,24-26H2,1-3H3,(H2,45,46,54). The Bertz CT molecular complexity index is 2520. The topological polar surface area (TPSA) is 113 Å². The third-order valence-electron chi connectivity index (χ3n) is 9.71. The van der Waals surface area contributed by atoms with Gasteiger partial charge in [0.05, 0.1) is 11.4 Å². The Labute approximate surface area is 323 Å². The van der Waals surface area contributed by atoms with E-state index in [2.05, 4.69) is 85.6 Å². The van der Waals surface area contributed by atoms with Crippen molar-refractivity contribution in [1.29, 1.82) is 0 Å². The summed E-state index contributed by atoms with van der Waals surface area (Å²) in [5.74, 6) is -0.0905. The molecule has 0 fully saturated rings. The van der Waals surface area contributed by atoms with E-state index >= 15 is 0 Å². The molecule has 3 N–H and O–H groups in total. The molecule has 10 nitrogen and oxygen atoms in total. The van der Waals surface area contributed by atoms with Crippen LogP contribution in [-0.2, 0) is 31.5 Å². The molecule has 0 saturated carbocycles. The highest BCUT2D eigenvalue weighted by molar-refractivity contribution is 7.99. The van der Waals surface area contributed by atoms with Gasteiger partial charge in [0.2, 0.25) is 0 Å². The van der Waals surface area contributed by atoms with Crippen LogP contribution in [0, 0.1) is 5.82 Å². The third-order valence-corrected chi connectivity index (χ3v) is 10.8. The molecule has 0 spiro atoms. The van der Waals surface area contributed by atoms with Crippen molar-refractivity contribution in [2.24, 2.45) is 0 Å². The molecule has 0 unspecified atom stereocenters. The van der Waals surface area contributed by atoms with Gasteiger partial charge in [0.1, 0.15) is 5.82 Å². The Morgan fingerprint density at radius 2 is 1.73 bits per heavy atom. The molecule has 2 amide bonds. The molecular weight excluding hydrogens is 712 g/mol. The second kappa shape index (κ2) is 15.0. The summed E-state index contributed by atoms with van der Waals surface area (Å²) in [6.07, 6.45) is 3.12. The average Bonchev–Trinajstić information content (AvgIpc) is 3.80. The van der Waals surface area contributed by atoms with Crippen molar-refractivity contribution in [2.75, 3.05) is 11.9 Å². The van der Waals surface area contributed by atoms with E-state index < -0.39 is 17.6 Å². The Morgan fingerprint density at radius 1 is 0.909 bits per heavy atom. The monoisotopic (exact) mass is 752 g/mol. The lowest BCUT2D eigenvalue weighted by Gasteiger charge is -2.28. The highest BCUT2D eigenvalue weighted by Crippen LogP contribution is 2.33. The molecule has 0 bridgehead atoms. The van der Waals surface area contributed by atoms with Gasteiger partial charge in [-0.1, -0.05) is 93.2 Å². The van der Waals surface area contributed by atoms with Crippen molar-refractivity contribution in [1.82, 2.24) is 34.6 Å². The van der Waals surface area contributed by atoms with E-state index in [1.165, 1.54) is 33.5 Å². The zero-order valence-corrected chi connectivity index (χ0v) is 31.6. The Morgan fingerprint density at radius 3 is 2.56 bits per heavy atom. The first-order chi connectivity index (χ1) is 26.6. The van der Waals surface area contributed by atoms with E-state index in [-0.39, 0.29) is 12.0 Å². The molecule has 0 radical (unpaired) electrons. The molecule has 55 heavy (non-hydrogen) atoms. The minimum absolute atomic E-state index is 0.263. The van der Waals surface area contributed by atoms with E-state index in [4.69, 9.17) is 0 Å². The lowest BCUT2D eigenvalue weighted by atomic mass is 9.92. The van der Waals surface area contributed by atoms with Gasteiger partial charge in [-0.05, 0) is 65.1 Å². The van der Waals surface area contributed by atoms with Crippen LogP contribution >= 0.6 is 11.8 Å². The van der Waals surface area contributed by atoms with E-state index in [0.29, 0.717) is 17.2 Å². The summed E-state index contributed by atoms with van der Waals surface area (Å²) in [5, 5.41) is 29.3. The molecule has 278 valence electrons. The number of phenolic OH excluding ortho intramolecular Hbond substituents is 1. The van der Waals surface area contributed by atoms with Gasteiger partial charge in [0.15, 0.2) is 23.0 Å². The van der Waals surface area contributed by atoms with E-state index in [1.807, 2.05) is 61.6 Å². The molecule has 12 heteroatoms. The maximum absolute atomic E-state index is 14.3. The summed E-state index contributed by atoms with van der Waals surface area (Å²) in [6.45, 7) is 9.12. The molecule has 0 atom stereocenters. The minimum Gasteiger partial charge on any atom is -0.505 e. The molecule has 1 aliphatic rings. The predicted molar refractivity (Wildman–Crippen MR) is 213 cm³/mol. The smallest absolute Gasteiger partial charge is 0.320 e. The number of fused-ring (bicyclic) bond motifs is 2. The van der Waals surface area contributed by atoms with Gasteiger partial charge in [-0.3, -0.25) is 14.6 Å². The minimum atomic E-state index is -0.779. The summed E-state index contributed by atoms with van der Waals surface area (Å²) in [7, 11) is 0. The number of hydrogen-bond donors (Lipinski definition) is 3. The number of aromatic nitrogens is 5. The number of pyridine rings is 1. The number of anilines is 1. The number of rotatable bonds is 9. The Kier molecular flexibility index (Phi) is 9.85. The number of nitrogens with one attached hydrogen (secondary N) is 2. The quantitative estimate of drug-likeness (QED) is 0.135. The van der Waals surface area contributed by atoms with Gasteiger partial charge in [-0.15, -0.1) is 10.2 Å². The van der Waals surface area contributed by atoms with Crippen molar-refractivity contribution in [3.05, 3.63) is 149 Å². The first-order valence-corrected chi connectivity index (χ1v) is 19.0. The number of carbonyl (C=O) groups is 1. The number of phenols is 1. The largest absolute Gasteiger partial charge is 0.505 e. The number of amides is 2. The number of benzene rings is 4. The molecule has 1 aliphatic heterocycles. The normalized spacial score (nSPS) is 13.2. The summed E-state index contributed by atoms with van der Waals surface area (Å²) < 4.78 is 17.8. The molecule has 4 heterocycles. The number of halogens is 1. The number of hydrogen-bond acceptors (Lipinski definition) is 7. The van der Waals surface area contributed by atoms with Gasteiger partial charge in [0, 0.05) is 65.3 Å². The predicted octanol–water partition coefficient (Wildman–Crippen LogP) is 8.76. The molecule has 8 rings (SSSR count). The fourth-order valence-corrected chi connectivity index (χ4v) is 7.72. The summed E-state index contributed by atoms with van der Waals surface area (Å²) in [6, 6.07) is 34.5. The maximum Gasteiger partial charge on any atom is 0.320 e. The van der Waals surface area contributed by atoms with Crippen LogP contribution in [0.25, 0.3) is 22.7 Å². The zero-order chi connectivity index (χ0) is 38.1. The summed E-state index contributed by atoms with van der Waals surface area (Å²) >= 11 is 1.60. The van der Waals surface area contributed by atoms with Crippen molar-refractivity contribution in [2.45, 2.75) is 62.0 Å². The van der Waals surface area contributed by atoms with Crippen molar-refractivity contribution in [3.63, 3.8) is 0 Å². The molecule has 0 aliphatic carbocycles. The van der Waals surface area contributed by atoms with Crippen LogP contribution in [-0.4, -0.2) is 47.0 Å². The average molecular weight is 753 g/mol. The first kappa shape index (κ1) is 36.0. The van der Waals surface area contributed by atoms with Crippen LogP contribution in [0.3, 0.4) is 0 Å². The highest BCUT2D eigenvalue weighted by Gasteiger charge is 2.23. The third kappa shape index (κ3) is 7.96. The Balaban J connectivity index is 0.965. The van der Waals surface area contributed by atoms with Crippen LogP contribution in [0.5, 0.6) is 5.75 Å². The fraction of sp³-hybridized carbons (Fsp3) is 0.209. The number of urea groups is 1. The van der Waals surface area contributed by atoms with Crippen LogP contribution in [0.1, 0.15) is 48.7 Å². The maximum atomic E-state index is 14.3. The van der Waals surface area contributed by atoms with Crippen molar-refractivity contribution < 1.29 is 14.3 Å².